The quantitative estimate of drug-likeness (QED) is 0.312. The van der Waals surface area contributed by atoms with Crippen molar-refractivity contribution in [2.24, 2.45) is 4.99 Å². The Kier molecular flexibility index (Phi) is 10.4. The standard InChI is InChI=1S/C23H33N5O.HI/c1-4-24-23(25-16-20-11-7-9-18(2)27-20)26-17-22(28-13-5-6-14-28)19-10-8-12-21(15-19)29-3;/h7-12,15,22H,4-6,13-14,16-17H2,1-3H3,(H2,24,25,26);1H. The van der Waals surface area contributed by atoms with E-state index < -0.39 is 0 Å². The maximum absolute atomic E-state index is 5.45. The summed E-state index contributed by atoms with van der Waals surface area (Å²) in [7, 11) is 1.72. The molecule has 1 saturated heterocycles. The van der Waals surface area contributed by atoms with Crippen LogP contribution in [0.5, 0.6) is 5.75 Å². The molecule has 0 radical (unpaired) electrons. The number of pyridine rings is 1. The third kappa shape index (κ3) is 7.12. The molecular formula is C23H34IN5O. The van der Waals surface area contributed by atoms with Gasteiger partial charge in [-0.3, -0.25) is 9.88 Å². The number of aryl methyl sites for hydroxylation is 1. The van der Waals surface area contributed by atoms with Gasteiger partial charge < -0.3 is 15.4 Å². The van der Waals surface area contributed by atoms with Crippen molar-refractivity contribution >= 4 is 29.9 Å². The van der Waals surface area contributed by atoms with Crippen LogP contribution in [-0.4, -0.2) is 49.1 Å². The fourth-order valence-corrected chi connectivity index (χ4v) is 3.74. The molecule has 1 aromatic heterocycles. The van der Waals surface area contributed by atoms with E-state index in [2.05, 4.69) is 45.6 Å². The van der Waals surface area contributed by atoms with Gasteiger partial charge >= 0.3 is 0 Å². The Hall–Kier alpha value is -1.87. The summed E-state index contributed by atoms with van der Waals surface area (Å²) in [5.74, 6) is 1.72. The number of benzene rings is 1. The topological polar surface area (TPSA) is 61.8 Å². The molecule has 2 heterocycles. The van der Waals surface area contributed by atoms with Gasteiger partial charge in [-0.05, 0) is 69.6 Å². The number of halogens is 1. The molecule has 1 aromatic carbocycles. The maximum Gasteiger partial charge on any atom is 0.191 e. The minimum atomic E-state index is 0. The Morgan fingerprint density at radius 2 is 1.93 bits per heavy atom. The molecule has 0 bridgehead atoms. The zero-order chi connectivity index (χ0) is 20.5. The number of aromatic nitrogens is 1. The molecule has 2 N–H and O–H groups in total. The first-order valence-electron chi connectivity index (χ1n) is 10.5. The predicted octanol–water partition coefficient (Wildman–Crippen LogP) is 3.91. The van der Waals surface area contributed by atoms with Gasteiger partial charge in [-0.1, -0.05) is 18.2 Å². The van der Waals surface area contributed by atoms with Crippen molar-refractivity contribution in [3.8, 4) is 5.75 Å². The van der Waals surface area contributed by atoms with E-state index in [-0.39, 0.29) is 30.0 Å². The molecule has 7 heteroatoms. The largest absolute Gasteiger partial charge is 0.497 e. The van der Waals surface area contributed by atoms with E-state index in [1.807, 2.05) is 31.2 Å². The normalized spacial score (nSPS) is 15.4. The molecule has 0 saturated carbocycles. The highest BCUT2D eigenvalue weighted by Gasteiger charge is 2.24. The van der Waals surface area contributed by atoms with E-state index in [1.54, 1.807) is 7.11 Å². The zero-order valence-electron chi connectivity index (χ0n) is 18.2. The lowest BCUT2D eigenvalue weighted by atomic mass is 10.1. The van der Waals surface area contributed by atoms with E-state index >= 15 is 0 Å². The lowest BCUT2D eigenvalue weighted by Gasteiger charge is -2.29. The Labute approximate surface area is 197 Å². The SMILES string of the molecule is CCNC(=NCc1cccc(C)n1)NCC(c1cccc(OC)c1)N1CCCC1.I. The number of hydrogen-bond acceptors (Lipinski definition) is 4. The number of methoxy groups -OCH3 is 1. The smallest absolute Gasteiger partial charge is 0.191 e. The van der Waals surface area contributed by atoms with Crippen LogP contribution >= 0.6 is 24.0 Å². The molecule has 0 spiro atoms. The van der Waals surface area contributed by atoms with Crippen molar-refractivity contribution in [1.29, 1.82) is 0 Å². The summed E-state index contributed by atoms with van der Waals surface area (Å²) in [6, 6.07) is 14.7. The summed E-state index contributed by atoms with van der Waals surface area (Å²) >= 11 is 0. The fourth-order valence-electron chi connectivity index (χ4n) is 3.74. The first-order chi connectivity index (χ1) is 14.2. The Morgan fingerprint density at radius 3 is 2.63 bits per heavy atom. The number of aliphatic imine (C=N–C) groups is 1. The molecule has 164 valence electrons. The van der Waals surface area contributed by atoms with Crippen molar-refractivity contribution in [1.82, 2.24) is 20.5 Å². The summed E-state index contributed by atoms with van der Waals surface area (Å²) in [6.45, 7) is 8.52. The zero-order valence-corrected chi connectivity index (χ0v) is 20.6. The van der Waals surface area contributed by atoms with Gasteiger partial charge in [-0.25, -0.2) is 4.99 Å². The van der Waals surface area contributed by atoms with Gasteiger partial charge in [0.05, 0.1) is 25.4 Å². The summed E-state index contributed by atoms with van der Waals surface area (Å²) in [4.78, 5) is 11.8. The second kappa shape index (κ2) is 12.7. The molecule has 1 atom stereocenters. The molecule has 0 aliphatic carbocycles. The summed E-state index contributed by atoms with van der Waals surface area (Å²) < 4.78 is 5.45. The summed E-state index contributed by atoms with van der Waals surface area (Å²) in [5.41, 5.74) is 3.27. The Bertz CT molecular complexity index is 808. The lowest BCUT2D eigenvalue weighted by molar-refractivity contribution is 0.245. The molecule has 3 rings (SSSR count). The van der Waals surface area contributed by atoms with Crippen molar-refractivity contribution in [2.75, 3.05) is 33.3 Å². The second-order valence-electron chi connectivity index (χ2n) is 7.38. The highest BCUT2D eigenvalue weighted by molar-refractivity contribution is 14.0. The molecule has 30 heavy (non-hydrogen) atoms. The van der Waals surface area contributed by atoms with Crippen LogP contribution in [0.2, 0.25) is 0 Å². The van der Waals surface area contributed by atoms with Crippen molar-refractivity contribution < 1.29 is 4.74 Å². The average molecular weight is 523 g/mol. The second-order valence-corrected chi connectivity index (χ2v) is 7.38. The van der Waals surface area contributed by atoms with Crippen LogP contribution in [0.1, 0.15) is 42.8 Å². The number of guanidine groups is 1. The number of rotatable bonds is 8. The highest BCUT2D eigenvalue weighted by atomic mass is 127. The number of nitrogens with one attached hydrogen (secondary N) is 2. The van der Waals surface area contributed by atoms with Gasteiger partial charge in [0.25, 0.3) is 0 Å². The molecule has 1 fully saturated rings. The van der Waals surface area contributed by atoms with E-state index in [0.29, 0.717) is 6.54 Å². The van der Waals surface area contributed by atoms with Gasteiger partial charge in [0.15, 0.2) is 5.96 Å². The van der Waals surface area contributed by atoms with E-state index in [4.69, 9.17) is 9.73 Å². The van der Waals surface area contributed by atoms with Gasteiger partial charge in [0.1, 0.15) is 5.75 Å². The fraction of sp³-hybridized carbons (Fsp3) is 0.478. The van der Waals surface area contributed by atoms with Crippen LogP contribution in [0.3, 0.4) is 0 Å². The van der Waals surface area contributed by atoms with Crippen molar-refractivity contribution in [2.45, 2.75) is 39.3 Å². The van der Waals surface area contributed by atoms with Crippen LogP contribution in [0.15, 0.2) is 47.5 Å². The summed E-state index contributed by atoms with van der Waals surface area (Å²) in [6.07, 6.45) is 2.52. The Balaban J connectivity index is 0.00000320. The molecular weight excluding hydrogens is 489 g/mol. The summed E-state index contributed by atoms with van der Waals surface area (Å²) in [5, 5.41) is 6.90. The number of nitrogens with zero attached hydrogens (tertiary/aromatic N) is 3. The molecule has 1 unspecified atom stereocenters. The van der Waals surface area contributed by atoms with Crippen molar-refractivity contribution in [3.05, 3.63) is 59.4 Å². The monoisotopic (exact) mass is 523 g/mol. The molecule has 2 aromatic rings. The highest BCUT2D eigenvalue weighted by Crippen LogP contribution is 2.27. The molecule has 0 amide bonds. The third-order valence-electron chi connectivity index (χ3n) is 5.21. The molecule has 6 nitrogen and oxygen atoms in total. The lowest BCUT2D eigenvalue weighted by Crippen LogP contribution is -2.42. The van der Waals surface area contributed by atoms with Crippen LogP contribution in [0.25, 0.3) is 0 Å². The minimum absolute atomic E-state index is 0. The number of likely N-dealkylation sites (tertiary alicyclic amines) is 1. The van der Waals surface area contributed by atoms with E-state index in [1.165, 1.54) is 18.4 Å². The Morgan fingerprint density at radius 1 is 1.17 bits per heavy atom. The van der Waals surface area contributed by atoms with Crippen molar-refractivity contribution in [3.63, 3.8) is 0 Å². The first kappa shape index (κ1) is 24.4. The van der Waals surface area contributed by atoms with E-state index in [9.17, 15) is 0 Å². The first-order valence-corrected chi connectivity index (χ1v) is 10.5. The average Bonchev–Trinajstić information content (AvgIpc) is 3.27. The van der Waals surface area contributed by atoms with Gasteiger partial charge in [-0.15, -0.1) is 24.0 Å². The van der Waals surface area contributed by atoms with Crippen LogP contribution in [0, 0.1) is 6.92 Å². The predicted molar refractivity (Wildman–Crippen MR) is 134 cm³/mol. The van der Waals surface area contributed by atoms with Crippen LogP contribution < -0.4 is 15.4 Å². The number of ether oxygens (including phenoxy) is 1. The van der Waals surface area contributed by atoms with Crippen LogP contribution in [0.4, 0.5) is 0 Å². The maximum atomic E-state index is 5.45. The van der Waals surface area contributed by atoms with Crippen LogP contribution in [-0.2, 0) is 6.54 Å². The molecule has 1 aliphatic rings. The minimum Gasteiger partial charge on any atom is -0.497 e. The van der Waals surface area contributed by atoms with Gasteiger partial charge in [0.2, 0.25) is 0 Å². The number of hydrogen-bond donors (Lipinski definition) is 2. The molecule has 1 aliphatic heterocycles. The van der Waals surface area contributed by atoms with Gasteiger partial charge in [0, 0.05) is 18.8 Å². The van der Waals surface area contributed by atoms with E-state index in [0.717, 1.165) is 49.3 Å². The van der Waals surface area contributed by atoms with Gasteiger partial charge in [-0.2, -0.15) is 0 Å². The third-order valence-corrected chi connectivity index (χ3v) is 5.21.